The number of nitrogens with zero attached hydrogens (tertiary/aromatic N) is 2. The van der Waals surface area contributed by atoms with Crippen molar-refractivity contribution >= 4 is 23.8 Å². The maximum atomic E-state index is 12.6. The zero-order valence-corrected chi connectivity index (χ0v) is 18.6. The SMILES string of the molecule is CCOc1ccc(N2Cc3ccc(C(=O)N/N=C\c4ccc(C(=O)OC)cc4)cc3C2)cc1. The van der Waals surface area contributed by atoms with Crippen molar-refractivity contribution < 1.29 is 19.1 Å². The van der Waals surface area contributed by atoms with Crippen molar-refractivity contribution in [3.63, 3.8) is 0 Å². The molecule has 3 aromatic rings. The number of carbonyl (C=O) groups excluding carboxylic acids is 2. The van der Waals surface area contributed by atoms with Gasteiger partial charge in [0, 0.05) is 24.3 Å². The molecule has 1 heterocycles. The summed E-state index contributed by atoms with van der Waals surface area (Å²) in [6.45, 7) is 4.14. The van der Waals surface area contributed by atoms with Crippen LogP contribution in [0.25, 0.3) is 0 Å². The van der Waals surface area contributed by atoms with Gasteiger partial charge in [0.1, 0.15) is 5.75 Å². The highest BCUT2D eigenvalue weighted by molar-refractivity contribution is 5.95. The Hall–Kier alpha value is -4.13. The van der Waals surface area contributed by atoms with E-state index in [1.807, 2.05) is 37.3 Å². The third-order valence-corrected chi connectivity index (χ3v) is 5.42. The summed E-state index contributed by atoms with van der Waals surface area (Å²) in [5, 5.41) is 4.03. The van der Waals surface area contributed by atoms with Crippen LogP contribution in [0.1, 0.15) is 44.3 Å². The van der Waals surface area contributed by atoms with Crippen LogP contribution in [-0.2, 0) is 17.8 Å². The van der Waals surface area contributed by atoms with Crippen LogP contribution in [0.3, 0.4) is 0 Å². The first-order chi connectivity index (χ1) is 16.1. The van der Waals surface area contributed by atoms with Crippen molar-refractivity contribution in [1.29, 1.82) is 0 Å². The highest BCUT2D eigenvalue weighted by atomic mass is 16.5. The Morgan fingerprint density at radius 2 is 1.67 bits per heavy atom. The zero-order chi connectivity index (χ0) is 23.2. The first-order valence-corrected chi connectivity index (χ1v) is 10.7. The fourth-order valence-electron chi connectivity index (χ4n) is 3.69. The van der Waals surface area contributed by atoms with Gasteiger partial charge >= 0.3 is 5.97 Å². The van der Waals surface area contributed by atoms with Gasteiger partial charge in [0.25, 0.3) is 5.91 Å². The van der Waals surface area contributed by atoms with Gasteiger partial charge in [-0.25, -0.2) is 10.2 Å². The lowest BCUT2D eigenvalue weighted by Crippen LogP contribution is -2.18. The molecular weight excluding hydrogens is 418 g/mol. The molecule has 3 aromatic carbocycles. The van der Waals surface area contributed by atoms with Gasteiger partial charge in [0.2, 0.25) is 0 Å². The van der Waals surface area contributed by atoms with Gasteiger partial charge in [0.05, 0.1) is 25.5 Å². The van der Waals surface area contributed by atoms with Gasteiger partial charge in [-0.1, -0.05) is 18.2 Å². The Kier molecular flexibility index (Phi) is 6.69. The van der Waals surface area contributed by atoms with Gasteiger partial charge in [-0.15, -0.1) is 0 Å². The number of hydrazone groups is 1. The van der Waals surface area contributed by atoms with Crippen LogP contribution in [0, 0.1) is 0 Å². The number of ether oxygens (including phenoxy) is 2. The molecule has 1 aliphatic heterocycles. The van der Waals surface area contributed by atoms with Gasteiger partial charge in [-0.05, 0) is 72.1 Å². The van der Waals surface area contributed by atoms with Gasteiger partial charge in [-0.2, -0.15) is 5.10 Å². The van der Waals surface area contributed by atoms with E-state index >= 15 is 0 Å². The molecule has 0 unspecified atom stereocenters. The van der Waals surface area contributed by atoms with Crippen molar-refractivity contribution in [2.75, 3.05) is 18.6 Å². The van der Waals surface area contributed by atoms with Crippen LogP contribution >= 0.6 is 0 Å². The molecule has 0 saturated heterocycles. The van der Waals surface area contributed by atoms with Crippen molar-refractivity contribution in [2.24, 2.45) is 5.10 Å². The van der Waals surface area contributed by atoms with Crippen molar-refractivity contribution in [1.82, 2.24) is 5.43 Å². The zero-order valence-electron chi connectivity index (χ0n) is 18.6. The molecule has 7 nitrogen and oxygen atoms in total. The number of rotatable bonds is 7. The second kappa shape index (κ2) is 9.99. The van der Waals surface area contributed by atoms with E-state index in [0.29, 0.717) is 17.7 Å². The predicted molar refractivity (Wildman–Crippen MR) is 127 cm³/mol. The highest BCUT2D eigenvalue weighted by Crippen LogP contribution is 2.30. The summed E-state index contributed by atoms with van der Waals surface area (Å²) in [7, 11) is 1.34. The first kappa shape index (κ1) is 22.1. The third-order valence-electron chi connectivity index (χ3n) is 5.42. The Bertz CT molecular complexity index is 1170. The molecule has 0 radical (unpaired) electrons. The Labute approximate surface area is 192 Å². The maximum absolute atomic E-state index is 12.6. The van der Waals surface area contributed by atoms with Crippen molar-refractivity contribution in [2.45, 2.75) is 20.0 Å². The van der Waals surface area contributed by atoms with Crippen molar-refractivity contribution in [3.05, 3.63) is 94.5 Å². The molecule has 0 aromatic heterocycles. The topological polar surface area (TPSA) is 80.2 Å². The smallest absolute Gasteiger partial charge is 0.337 e. The molecule has 0 spiro atoms. The highest BCUT2D eigenvalue weighted by Gasteiger charge is 2.20. The lowest BCUT2D eigenvalue weighted by atomic mass is 10.1. The van der Waals surface area contributed by atoms with Crippen LogP contribution in [0.4, 0.5) is 5.69 Å². The summed E-state index contributed by atoms with van der Waals surface area (Å²) < 4.78 is 10.2. The van der Waals surface area contributed by atoms with Crippen LogP contribution in [0.5, 0.6) is 5.75 Å². The number of amides is 1. The number of carbonyl (C=O) groups is 2. The van der Waals surface area contributed by atoms with E-state index in [9.17, 15) is 9.59 Å². The molecule has 1 amide bonds. The second-order valence-corrected chi connectivity index (χ2v) is 7.58. The molecule has 0 saturated carbocycles. The molecule has 0 atom stereocenters. The van der Waals surface area contributed by atoms with Crippen LogP contribution in [0.15, 0.2) is 71.8 Å². The normalized spacial score (nSPS) is 12.5. The largest absolute Gasteiger partial charge is 0.494 e. The van der Waals surface area contributed by atoms with Crippen molar-refractivity contribution in [3.8, 4) is 5.75 Å². The van der Waals surface area contributed by atoms with Crippen LogP contribution in [0.2, 0.25) is 0 Å². The number of esters is 1. The standard InChI is InChI=1S/C26H25N3O4/c1-3-33-24-12-10-23(11-13-24)29-16-21-9-8-20(14-22(21)17-29)25(30)28-27-15-18-4-6-19(7-5-18)26(31)32-2/h4-15H,3,16-17H2,1-2H3,(H,28,30)/b27-15-. The monoisotopic (exact) mass is 443 g/mol. The molecular formula is C26H25N3O4. The molecule has 4 rings (SSSR count). The average molecular weight is 444 g/mol. The number of nitrogens with one attached hydrogen (secondary N) is 1. The van der Waals surface area contributed by atoms with Crippen LogP contribution in [-0.4, -0.2) is 31.8 Å². The summed E-state index contributed by atoms with van der Waals surface area (Å²) in [5.74, 6) is 0.182. The summed E-state index contributed by atoms with van der Waals surface area (Å²) in [4.78, 5) is 26.3. The summed E-state index contributed by atoms with van der Waals surface area (Å²) in [5.41, 5.74) is 7.76. The number of anilines is 1. The van der Waals surface area contributed by atoms with E-state index in [0.717, 1.165) is 35.7 Å². The summed E-state index contributed by atoms with van der Waals surface area (Å²) >= 11 is 0. The third kappa shape index (κ3) is 5.20. The predicted octanol–water partition coefficient (Wildman–Crippen LogP) is 4.16. The summed E-state index contributed by atoms with van der Waals surface area (Å²) in [6, 6.07) is 20.5. The number of methoxy groups -OCH3 is 1. The Morgan fingerprint density at radius 1 is 0.970 bits per heavy atom. The first-order valence-electron chi connectivity index (χ1n) is 10.7. The molecule has 0 bridgehead atoms. The molecule has 168 valence electrons. The molecule has 0 fully saturated rings. The van der Waals surface area contributed by atoms with E-state index in [-0.39, 0.29) is 5.91 Å². The number of hydrogen-bond donors (Lipinski definition) is 1. The number of hydrogen-bond acceptors (Lipinski definition) is 6. The minimum absolute atomic E-state index is 0.278. The Morgan fingerprint density at radius 3 is 2.36 bits per heavy atom. The lowest BCUT2D eigenvalue weighted by Gasteiger charge is -2.18. The van der Waals surface area contributed by atoms with E-state index in [4.69, 9.17) is 4.74 Å². The number of benzene rings is 3. The average Bonchev–Trinajstić information content (AvgIpc) is 3.28. The molecule has 1 N–H and O–H groups in total. The van der Waals surface area contributed by atoms with Gasteiger partial charge in [-0.3, -0.25) is 4.79 Å². The fraction of sp³-hybridized carbons (Fsp3) is 0.192. The Balaban J connectivity index is 1.36. The van der Waals surface area contributed by atoms with Gasteiger partial charge in [0.15, 0.2) is 0 Å². The second-order valence-electron chi connectivity index (χ2n) is 7.58. The van der Waals surface area contributed by atoms with E-state index in [1.165, 1.54) is 18.9 Å². The molecule has 0 aliphatic carbocycles. The van der Waals surface area contributed by atoms with Gasteiger partial charge < -0.3 is 14.4 Å². The molecule has 33 heavy (non-hydrogen) atoms. The minimum Gasteiger partial charge on any atom is -0.494 e. The van der Waals surface area contributed by atoms with E-state index in [2.05, 4.69) is 32.3 Å². The number of fused-ring (bicyclic) bond motifs is 1. The molecule has 1 aliphatic rings. The lowest BCUT2D eigenvalue weighted by molar-refractivity contribution is 0.0600. The maximum Gasteiger partial charge on any atom is 0.337 e. The van der Waals surface area contributed by atoms with E-state index in [1.54, 1.807) is 24.3 Å². The fourth-order valence-corrected chi connectivity index (χ4v) is 3.69. The quantitative estimate of drug-likeness (QED) is 0.337. The van der Waals surface area contributed by atoms with E-state index < -0.39 is 5.97 Å². The molecule has 7 heteroatoms. The minimum atomic E-state index is -0.399. The van der Waals surface area contributed by atoms with Crippen LogP contribution < -0.4 is 15.1 Å². The summed E-state index contributed by atoms with van der Waals surface area (Å²) in [6.07, 6.45) is 1.53.